The molecule has 5 nitrogen and oxygen atoms in total. The maximum Gasteiger partial charge on any atom is 0.343 e. The fourth-order valence-corrected chi connectivity index (χ4v) is 2.60. The molecule has 0 aliphatic rings. The number of para-hydroxylation sites is 1. The fourth-order valence-electron chi connectivity index (χ4n) is 2.60. The number of hydrogen-bond donors (Lipinski definition) is 0. The predicted molar refractivity (Wildman–Crippen MR) is 92.4 cm³/mol. The highest BCUT2D eigenvalue weighted by Gasteiger charge is 2.16. The lowest BCUT2D eigenvalue weighted by Gasteiger charge is -2.14. The Labute approximate surface area is 141 Å². The molecule has 0 aliphatic heterocycles. The van der Waals surface area contributed by atoms with Crippen molar-refractivity contribution >= 4 is 17.4 Å². The molecule has 0 unspecified atom stereocenters. The molecular weight excluding hydrogens is 308 g/mol. The number of benzene rings is 1. The maximum atomic E-state index is 12.3. The third-order valence-electron chi connectivity index (χ3n) is 3.69. The molecule has 0 radical (unpaired) electrons. The van der Waals surface area contributed by atoms with E-state index >= 15 is 0 Å². The molecule has 0 aliphatic carbocycles. The van der Waals surface area contributed by atoms with Crippen molar-refractivity contribution in [2.75, 3.05) is 13.2 Å². The van der Waals surface area contributed by atoms with E-state index in [1.54, 1.807) is 6.07 Å². The normalized spacial score (nSPS) is 11.0. The van der Waals surface area contributed by atoms with E-state index in [0.29, 0.717) is 48.9 Å². The van der Waals surface area contributed by atoms with Crippen LogP contribution in [-0.2, 0) is 16.0 Å². The largest absolute Gasteiger partial charge is 0.492 e. The lowest BCUT2D eigenvalue weighted by molar-refractivity contribution is -0.128. The fraction of sp³-hybridized carbons (Fsp3) is 0.474. The summed E-state index contributed by atoms with van der Waals surface area (Å²) in [6.07, 6.45) is 3.15. The standard InChI is InChI=1S/C19H24O5/c1-14(2)12-16-18(23-11-7-3-6-10-22-13-20)15-8-4-5-9-17(15)24-19(16)21/h4-5,8-9,13-14H,3,6-7,10-12H2,1-2H3. The smallest absolute Gasteiger partial charge is 0.343 e. The molecule has 2 aromatic rings. The van der Waals surface area contributed by atoms with Crippen LogP contribution in [0.5, 0.6) is 5.75 Å². The van der Waals surface area contributed by atoms with Crippen molar-refractivity contribution in [1.82, 2.24) is 0 Å². The van der Waals surface area contributed by atoms with E-state index in [9.17, 15) is 9.59 Å². The monoisotopic (exact) mass is 332 g/mol. The first kappa shape index (κ1) is 18.0. The van der Waals surface area contributed by atoms with Gasteiger partial charge in [-0.1, -0.05) is 26.0 Å². The third-order valence-corrected chi connectivity index (χ3v) is 3.69. The Morgan fingerprint density at radius 3 is 2.62 bits per heavy atom. The molecule has 0 atom stereocenters. The minimum absolute atomic E-state index is 0.322. The van der Waals surface area contributed by atoms with Gasteiger partial charge in [-0.05, 0) is 43.7 Å². The van der Waals surface area contributed by atoms with Crippen LogP contribution < -0.4 is 10.4 Å². The van der Waals surface area contributed by atoms with Gasteiger partial charge in [0.2, 0.25) is 0 Å². The molecule has 2 rings (SSSR count). The Kier molecular flexibility index (Phi) is 6.85. The van der Waals surface area contributed by atoms with Crippen LogP contribution in [0.3, 0.4) is 0 Å². The van der Waals surface area contributed by atoms with E-state index < -0.39 is 0 Å². The number of rotatable bonds is 10. The SMILES string of the molecule is CC(C)Cc1c(OCCCCCOC=O)c2ccccc2oc1=O. The zero-order valence-electron chi connectivity index (χ0n) is 14.2. The van der Waals surface area contributed by atoms with Crippen LogP contribution in [0.1, 0.15) is 38.7 Å². The molecule has 5 heteroatoms. The molecule has 0 fully saturated rings. The molecule has 1 aromatic heterocycles. The van der Waals surface area contributed by atoms with E-state index in [4.69, 9.17) is 9.15 Å². The first-order chi connectivity index (χ1) is 11.6. The minimum Gasteiger partial charge on any atom is -0.492 e. The molecule has 24 heavy (non-hydrogen) atoms. The number of hydrogen-bond acceptors (Lipinski definition) is 5. The molecule has 1 aromatic carbocycles. The second-order valence-corrected chi connectivity index (χ2v) is 6.17. The number of fused-ring (bicyclic) bond motifs is 1. The van der Waals surface area contributed by atoms with Gasteiger partial charge in [-0.15, -0.1) is 0 Å². The van der Waals surface area contributed by atoms with Gasteiger partial charge in [0.25, 0.3) is 6.47 Å². The molecule has 0 saturated carbocycles. The van der Waals surface area contributed by atoms with Gasteiger partial charge in [-0.25, -0.2) is 4.79 Å². The first-order valence-electron chi connectivity index (χ1n) is 8.36. The zero-order chi connectivity index (χ0) is 17.4. The lowest BCUT2D eigenvalue weighted by Crippen LogP contribution is -2.14. The summed E-state index contributed by atoms with van der Waals surface area (Å²) in [7, 11) is 0. The molecule has 0 bridgehead atoms. The Hall–Kier alpha value is -2.30. The summed E-state index contributed by atoms with van der Waals surface area (Å²) < 4.78 is 16.0. The van der Waals surface area contributed by atoms with E-state index in [1.165, 1.54) is 0 Å². The Balaban J connectivity index is 2.13. The van der Waals surface area contributed by atoms with Gasteiger partial charge in [-0.3, -0.25) is 4.79 Å². The predicted octanol–water partition coefficient (Wildman–Crippen LogP) is 3.71. The molecule has 0 N–H and O–H groups in total. The summed E-state index contributed by atoms with van der Waals surface area (Å²) in [6, 6.07) is 7.43. The summed E-state index contributed by atoms with van der Waals surface area (Å²) >= 11 is 0. The van der Waals surface area contributed by atoms with E-state index in [-0.39, 0.29) is 5.63 Å². The summed E-state index contributed by atoms with van der Waals surface area (Å²) in [4.78, 5) is 22.4. The van der Waals surface area contributed by atoms with Gasteiger partial charge in [0, 0.05) is 0 Å². The summed E-state index contributed by atoms with van der Waals surface area (Å²) in [5, 5.41) is 0.831. The summed E-state index contributed by atoms with van der Waals surface area (Å²) in [6.45, 7) is 5.53. The average molecular weight is 332 g/mol. The Morgan fingerprint density at radius 2 is 1.88 bits per heavy atom. The van der Waals surface area contributed by atoms with Gasteiger partial charge in [0.05, 0.1) is 24.2 Å². The third kappa shape index (κ3) is 4.85. The number of carbonyl (C=O) groups excluding carboxylic acids is 1. The van der Waals surface area contributed by atoms with Crippen molar-refractivity contribution < 1.29 is 18.7 Å². The van der Waals surface area contributed by atoms with Gasteiger partial charge in [0.15, 0.2) is 0 Å². The molecule has 0 saturated heterocycles. The first-order valence-corrected chi connectivity index (χ1v) is 8.36. The van der Waals surface area contributed by atoms with Gasteiger partial charge >= 0.3 is 5.63 Å². The van der Waals surface area contributed by atoms with Crippen molar-refractivity contribution in [1.29, 1.82) is 0 Å². The molecule has 0 amide bonds. The second kappa shape index (κ2) is 9.11. The topological polar surface area (TPSA) is 65.7 Å². The van der Waals surface area contributed by atoms with Crippen LogP contribution in [-0.4, -0.2) is 19.7 Å². The molecule has 0 spiro atoms. The minimum atomic E-state index is -0.322. The summed E-state index contributed by atoms with van der Waals surface area (Å²) in [5.74, 6) is 0.969. The molecular formula is C19H24O5. The van der Waals surface area contributed by atoms with Crippen molar-refractivity contribution in [3.8, 4) is 5.75 Å². The average Bonchev–Trinajstić information content (AvgIpc) is 2.56. The molecule has 1 heterocycles. The van der Waals surface area contributed by atoms with Crippen LogP contribution in [0.4, 0.5) is 0 Å². The quantitative estimate of drug-likeness (QED) is 0.377. The number of carbonyl (C=O) groups is 1. The van der Waals surface area contributed by atoms with E-state index in [2.05, 4.69) is 18.6 Å². The zero-order valence-corrected chi connectivity index (χ0v) is 14.2. The Bertz CT molecular complexity index is 717. The van der Waals surface area contributed by atoms with Crippen molar-refractivity contribution in [2.24, 2.45) is 5.92 Å². The van der Waals surface area contributed by atoms with Gasteiger partial charge in [-0.2, -0.15) is 0 Å². The van der Waals surface area contributed by atoms with Crippen molar-refractivity contribution in [2.45, 2.75) is 39.5 Å². The highest BCUT2D eigenvalue weighted by Crippen LogP contribution is 2.29. The maximum absolute atomic E-state index is 12.3. The van der Waals surface area contributed by atoms with Crippen LogP contribution in [0, 0.1) is 5.92 Å². The highest BCUT2D eigenvalue weighted by molar-refractivity contribution is 5.84. The lowest BCUT2D eigenvalue weighted by atomic mass is 10.0. The van der Waals surface area contributed by atoms with Crippen LogP contribution >= 0.6 is 0 Å². The van der Waals surface area contributed by atoms with Crippen molar-refractivity contribution in [3.63, 3.8) is 0 Å². The van der Waals surface area contributed by atoms with Gasteiger partial charge in [0.1, 0.15) is 11.3 Å². The number of unbranched alkanes of at least 4 members (excludes halogenated alkanes) is 2. The van der Waals surface area contributed by atoms with Crippen LogP contribution in [0.25, 0.3) is 11.0 Å². The molecule has 130 valence electrons. The van der Waals surface area contributed by atoms with Crippen LogP contribution in [0.2, 0.25) is 0 Å². The summed E-state index contributed by atoms with van der Waals surface area (Å²) in [5.41, 5.74) is 0.828. The van der Waals surface area contributed by atoms with Gasteiger partial charge < -0.3 is 13.9 Å². The van der Waals surface area contributed by atoms with E-state index in [1.807, 2.05) is 18.2 Å². The Morgan fingerprint density at radius 1 is 1.12 bits per heavy atom. The second-order valence-electron chi connectivity index (χ2n) is 6.17. The highest BCUT2D eigenvalue weighted by atomic mass is 16.5. The van der Waals surface area contributed by atoms with Crippen molar-refractivity contribution in [3.05, 3.63) is 40.2 Å². The van der Waals surface area contributed by atoms with Crippen LogP contribution in [0.15, 0.2) is 33.5 Å². The van der Waals surface area contributed by atoms with E-state index in [0.717, 1.165) is 24.6 Å². The number of ether oxygens (including phenoxy) is 2.